The highest BCUT2D eigenvalue weighted by atomic mass is 32.2. The first-order chi connectivity index (χ1) is 17.3. The van der Waals surface area contributed by atoms with Gasteiger partial charge in [0.2, 0.25) is 10.0 Å². The third kappa shape index (κ3) is 5.92. The molecule has 0 amide bonds. The van der Waals surface area contributed by atoms with E-state index in [4.69, 9.17) is 13.9 Å². The monoisotopic (exact) mass is 509 g/mol. The zero-order chi connectivity index (χ0) is 25.7. The van der Waals surface area contributed by atoms with Gasteiger partial charge in [0.05, 0.1) is 17.4 Å². The number of unbranched alkanes of at least 4 members (excludes halogenated alkanes) is 2. The number of hydrogen-bond acceptors (Lipinski definition) is 7. The number of fused-ring (bicyclic) bond motifs is 3. The van der Waals surface area contributed by atoms with Gasteiger partial charge in [0, 0.05) is 29.8 Å². The summed E-state index contributed by atoms with van der Waals surface area (Å²) in [6.07, 6.45) is 2.00. The molecular weight excluding hydrogens is 482 g/mol. The van der Waals surface area contributed by atoms with Crippen LogP contribution in [-0.4, -0.2) is 28.0 Å². The van der Waals surface area contributed by atoms with Crippen molar-refractivity contribution in [3.05, 3.63) is 76.6 Å². The van der Waals surface area contributed by atoms with Crippen molar-refractivity contribution in [1.82, 2.24) is 4.72 Å². The number of carbonyl (C=O) groups excluding carboxylic acids is 1. The Labute approximate surface area is 208 Å². The predicted octanol–water partition coefficient (Wildman–Crippen LogP) is 4.71. The molecule has 1 heterocycles. The summed E-state index contributed by atoms with van der Waals surface area (Å²) in [4.78, 5) is 24.9. The van der Waals surface area contributed by atoms with Gasteiger partial charge in [-0.3, -0.25) is 4.79 Å². The Morgan fingerprint density at radius 2 is 1.61 bits per heavy atom. The number of ether oxygens (including phenoxy) is 2. The first-order valence-corrected chi connectivity index (χ1v) is 13.1. The summed E-state index contributed by atoms with van der Waals surface area (Å²) in [5.41, 5.74) is 0.810. The molecule has 0 unspecified atom stereocenters. The Balaban J connectivity index is 1.28. The quantitative estimate of drug-likeness (QED) is 0.108. The highest BCUT2D eigenvalue weighted by Gasteiger charge is 2.13. The Bertz CT molecular complexity index is 1560. The summed E-state index contributed by atoms with van der Waals surface area (Å²) in [6.45, 7) is 2.18. The molecule has 188 valence electrons. The molecule has 0 saturated heterocycles. The number of nitrogens with one attached hydrogen (secondary N) is 1. The van der Waals surface area contributed by atoms with Crippen molar-refractivity contribution in [3.63, 3.8) is 0 Å². The Morgan fingerprint density at radius 1 is 0.889 bits per heavy atom. The lowest BCUT2D eigenvalue weighted by molar-refractivity contribution is -0.134. The van der Waals surface area contributed by atoms with Crippen LogP contribution in [0.3, 0.4) is 0 Å². The van der Waals surface area contributed by atoms with Crippen molar-refractivity contribution >= 4 is 37.7 Å². The Kier molecular flexibility index (Phi) is 7.71. The molecule has 0 aliphatic carbocycles. The van der Waals surface area contributed by atoms with Crippen molar-refractivity contribution in [2.45, 2.75) is 37.5 Å². The van der Waals surface area contributed by atoms with E-state index in [-0.39, 0.29) is 23.6 Å². The summed E-state index contributed by atoms with van der Waals surface area (Å²) in [5, 5.41) is 1.85. The average Bonchev–Trinajstić information content (AvgIpc) is 2.86. The highest BCUT2D eigenvalue weighted by Crippen LogP contribution is 2.28. The van der Waals surface area contributed by atoms with E-state index in [1.807, 2.05) is 6.92 Å². The molecule has 0 saturated carbocycles. The Hall–Kier alpha value is -3.69. The molecule has 4 rings (SSSR count). The van der Waals surface area contributed by atoms with Gasteiger partial charge in [0.25, 0.3) is 0 Å². The smallest absolute Gasteiger partial charge is 0.344 e. The minimum Gasteiger partial charge on any atom is -0.497 e. The molecular formula is C27H27NO7S. The first kappa shape index (κ1) is 25.4. The predicted molar refractivity (Wildman–Crippen MR) is 137 cm³/mol. The van der Waals surface area contributed by atoms with Crippen molar-refractivity contribution in [3.8, 4) is 11.5 Å². The van der Waals surface area contributed by atoms with E-state index in [0.29, 0.717) is 36.0 Å². The van der Waals surface area contributed by atoms with E-state index in [1.165, 1.54) is 13.2 Å². The SMILES string of the molecule is COc1ccc2c(c1)c(=O)oc1cc(OC(=O)CCCCCNS(=O)(=O)c3ccc(C)cc3)ccc12. The number of carbonyl (C=O) groups is 1. The summed E-state index contributed by atoms with van der Waals surface area (Å²) >= 11 is 0. The normalized spacial score (nSPS) is 11.6. The number of rotatable bonds is 10. The van der Waals surface area contributed by atoms with Crippen LogP contribution in [0.4, 0.5) is 0 Å². The van der Waals surface area contributed by atoms with Crippen LogP contribution in [0.15, 0.2) is 74.8 Å². The Morgan fingerprint density at radius 3 is 2.36 bits per heavy atom. The van der Waals surface area contributed by atoms with Crippen LogP contribution in [0.1, 0.15) is 31.2 Å². The minimum absolute atomic E-state index is 0.185. The lowest BCUT2D eigenvalue weighted by atomic mass is 10.1. The van der Waals surface area contributed by atoms with E-state index in [2.05, 4.69) is 4.72 Å². The van der Waals surface area contributed by atoms with Crippen molar-refractivity contribution in [2.75, 3.05) is 13.7 Å². The summed E-state index contributed by atoms with van der Waals surface area (Å²) in [6, 6.07) is 16.8. The minimum atomic E-state index is -3.54. The second-order valence-corrected chi connectivity index (χ2v) is 10.2. The third-order valence-corrected chi connectivity index (χ3v) is 7.28. The molecule has 8 nitrogen and oxygen atoms in total. The molecule has 1 N–H and O–H groups in total. The zero-order valence-electron chi connectivity index (χ0n) is 20.1. The van der Waals surface area contributed by atoms with Crippen LogP contribution in [0.5, 0.6) is 11.5 Å². The van der Waals surface area contributed by atoms with E-state index < -0.39 is 21.6 Å². The van der Waals surface area contributed by atoms with Crippen LogP contribution in [0.2, 0.25) is 0 Å². The third-order valence-electron chi connectivity index (χ3n) is 5.81. The molecule has 0 radical (unpaired) electrons. The van der Waals surface area contributed by atoms with Crippen LogP contribution >= 0.6 is 0 Å². The molecule has 9 heteroatoms. The summed E-state index contributed by atoms with van der Waals surface area (Å²) in [7, 11) is -2.01. The standard InChI is InChI=1S/C27H27NO7S/c1-18-7-11-21(12-8-18)36(31,32)28-15-5-3-4-6-26(29)34-20-10-14-23-22-13-9-19(33-2)16-24(22)27(30)35-25(23)17-20/h7-14,16-17,28H,3-6,15H2,1-2H3. The molecule has 1 aromatic heterocycles. The molecule has 0 fully saturated rings. The number of benzene rings is 3. The number of methoxy groups -OCH3 is 1. The second-order valence-electron chi connectivity index (χ2n) is 8.45. The van der Waals surface area contributed by atoms with E-state index in [1.54, 1.807) is 54.6 Å². The van der Waals surface area contributed by atoms with E-state index >= 15 is 0 Å². The molecule has 0 aliphatic rings. The number of aryl methyl sites for hydroxylation is 1. The maximum Gasteiger partial charge on any atom is 0.344 e. The largest absolute Gasteiger partial charge is 0.497 e. The number of esters is 1. The number of hydrogen-bond donors (Lipinski definition) is 1. The van der Waals surface area contributed by atoms with Crippen LogP contribution in [0, 0.1) is 6.92 Å². The highest BCUT2D eigenvalue weighted by molar-refractivity contribution is 7.89. The maximum atomic E-state index is 12.4. The van der Waals surface area contributed by atoms with Gasteiger partial charge in [-0.25, -0.2) is 17.9 Å². The lowest BCUT2D eigenvalue weighted by Crippen LogP contribution is -2.24. The second kappa shape index (κ2) is 10.9. The topological polar surface area (TPSA) is 112 Å². The van der Waals surface area contributed by atoms with E-state index in [0.717, 1.165) is 16.3 Å². The van der Waals surface area contributed by atoms with Crippen molar-refractivity contribution < 1.29 is 27.1 Å². The number of sulfonamides is 1. The van der Waals surface area contributed by atoms with Crippen LogP contribution in [-0.2, 0) is 14.8 Å². The van der Waals surface area contributed by atoms with Gasteiger partial charge < -0.3 is 13.9 Å². The van der Waals surface area contributed by atoms with Crippen LogP contribution < -0.4 is 19.8 Å². The molecule has 0 bridgehead atoms. The fourth-order valence-electron chi connectivity index (χ4n) is 3.84. The molecule has 4 aromatic rings. The van der Waals surface area contributed by atoms with Gasteiger partial charge in [-0.15, -0.1) is 0 Å². The van der Waals surface area contributed by atoms with Gasteiger partial charge in [0.15, 0.2) is 0 Å². The molecule has 3 aromatic carbocycles. The molecule has 36 heavy (non-hydrogen) atoms. The summed E-state index contributed by atoms with van der Waals surface area (Å²) < 4.78 is 43.2. The first-order valence-electron chi connectivity index (χ1n) is 11.6. The molecule has 0 aliphatic heterocycles. The average molecular weight is 510 g/mol. The van der Waals surface area contributed by atoms with Gasteiger partial charge in [0.1, 0.15) is 17.1 Å². The fraction of sp³-hybridized carbons (Fsp3) is 0.259. The summed E-state index contributed by atoms with van der Waals surface area (Å²) in [5.74, 6) is 0.431. The zero-order valence-corrected chi connectivity index (χ0v) is 20.9. The lowest BCUT2D eigenvalue weighted by Gasteiger charge is -2.08. The molecule has 0 spiro atoms. The fourth-order valence-corrected chi connectivity index (χ4v) is 4.92. The van der Waals surface area contributed by atoms with Crippen molar-refractivity contribution in [1.29, 1.82) is 0 Å². The van der Waals surface area contributed by atoms with Gasteiger partial charge in [-0.1, -0.05) is 24.1 Å². The van der Waals surface area contributed by atoms with E-state index in [9.17, 15) is 18.0 Å². The van der Waals surface area contributed by atoms with Gasteiger partial charge >= 0.3 is 11.6 Å². The van der Waals surface area contributed by atoms with Gasteiger partial charge in [-0.05, 0) is 62.2 Å². The van der Waals surface area contributed by atoms with Crippen molar-refractivity contribution in [2.24, 2.45) is 0 Å². The van der Waals surface area contributed by atoms with Crippen LogP contribution in [0.25, 0.3) is 21.7 Å². The van der Waals surface area contributed by atoms with Gasteiger partial charge in [-0.2, -0.15) is 0 Å². The molecule has 0 atom stereocenters. The maximum absolute atomic E-state index is 12.4.